The summed E-state index contributed by atoms with van der Waals surface area (Å²) in [5.74, 6) is -0.0675. The lowest BCUT2D eigenvalue weighted by molar-refractivity contribution is -0.123. The van der Waals surface area contributed by atoms with Gasteiger partial charge in [-0.05, 0) is 56.3 Å². The Morgan fingerprint density at radius 3 is 2.55 bits per heavy atom. The molecule has 1 saturated heterocycles. The molecule has 5 nitrogen and oxygen atoms in total. The average Bonchev–Trinajstić information content (AvgIpc) is 2.93. The number of nitrogens with zero attached hydrogens (tertiary/aromatic N) is 1. The monoisotopic (exact) mass is 558 g/mol. The minimum absolute atomic E-state index is 0.0275. The van der Waals surface area contributed by atoms with Crippen molar-refractivity contribution in [2.75, 3.05) is 11.9 Å². The number of ether oxygens (including phenoxy) is 1. The second-order valence-corrected chi connectivity index (χ2v) is 10.3. The number of carbonyl (C=O) groups is 2. The van der Waals surface area contributed by atoms with Crippen LogP contribution in [0.4, 0.5) is 5.69 Å². The maximum absolute atomic E-state index is 12.7. The highest BCUT2D eigenvalue weighted by Crippen LogP contribution is 2.36. The molecule has 162 valence electrons. The molecule has 0 radical (unpaired) electrons. The van der Waals surface area contributed by atoms with Crippen molar-refractivity contribution in [2.24, 2.45) is 0 Å². The molecule has 0 spiro atoms. The van der Waals surface area contributed by atoms with Gasteiger partial charge in [-0.25, -0.2) is 0 Å². The molecule has 0 unspecified atom stereocenters. The fourth-order valence-corrected chi connectivity index (χ4v) is 5.22. The molecule has 1 aliphatic rings. The fourth-order valence-electron chi connectivity index (χ4n) is 2.80. The Morgan fingerprint density at radius 2 is 1.94 bits per heavy atom. The van der Waals surface area contributed by atoms with Gasteiger partial charge >= 0.3 is 0 Å². The quantitative estimate of drug-likeness (QED) is 0.328. The smallest absolute Gasteiger partial charge is 0.266 e. The summed E-state index contributed by atoms with van der Waals surface area (Å²) < 4.78 is 7.05. The number of carbonyl (C=O) groups excluding carboxylic acids is 2. The topological polar surface area (TPSA) is 58.6 Å². The Hall–Kier alpha value is -1.58. The van der Waals surface area contributed by atoms with E-state index >= 15 is 0 Å². The van der Waals surface area contributed by atoms with E-state index in [0.29, 0.717) is 36.3 Å². The molecule has 0 aromatic heterocycles. The van der Waals surface area contributed by atoms with Gasteiger partial charge in [0.2, 0.25) is 0 Å². The number of hydrogen-bond acceptors (Lipinski definition) is 5. The van der Waals surface area contributed by atoms with E-state index in [0.717, 1.165) is 4.47 Å². The Morgan fingerprint density at radius 1 is 1.26 bits per heavy atom. The van der Waals surface area contributed by atoms with E-state index in [1.54, 1.807) is 41.3 Å². The first kappa shape index (κ1) is 24.1. The zero-order chi connectivity index (χ0) is 22.7. The normalized spacial score (nSPS) is 15.2. The van der Waals surface area contributed by atoms with Crippen LogP contribution in [0.1, 0.15) is 19.4 Å². The van der Waals surface area contributed by atoms with Gasteiger partial charge in [0.25, 0.3) is 11.8 Å². The molecule has 1 N–H and O–H groups in total. The van der Waals surface area contributed by atoms with Gasteiger partial charge in [-0.15, -0.1) is 0 Å². The van der Waals surface area contributed by atoms with Crippen molar-refractivity contribution in [1.29, 1.82) is 0 Å². The molecule has 31 heavy (non-hydrogen) atoms. The first-order valence-electron chi connectivity index (χ1n) is 9.09. The summed E-state index contributed by atoms with van der Waals surface area (Å²) in [4.78, 5) is 27.1. The first-order valence-corrected chi connectivity index (χ1v) is 11.9. The number of amides is 2. The standard InChI is InChI=1S/C21H17BrCl2N2O3S2/c1-11(2)26-20(28)18(31-21(26)30)6-12-5-13(22)3-4-17(12)29-10-19(27)25-16-8-14(23)7-15(24)9-16/h3-9,11H,10H2,1-2H3,(H,25,27)/b18-6-. The van der Waals surface area contributed by atoms with Crippen molar-refractivity contribution in [2.45, 2.75) is 19.9 Å². The molecule has 2 aromatic carbocycles. The van der Waals surface area contributed by atoms with Gasteiger partial charge in [-0.3, -0.25) is 14.5 Å². The van der Waals surface area contributed by atoms with Crippen LogP contribution in [-0.2, 0) is 9.59 Å². The lowest BCUT2D eigenvalue weighted by atomic mass is 10.2. The number of rotatable bonds is 6. The molecule has 0 bridgehead atoms. The predicted octanol–water partition coefficient (Wildman–Crippen LogP) is 6.38. The second-order valence-electron chi connectivity index (χ2n) is 6.82. The average molecular weight is 560 g/mol. The molecule has 0 atom stereocenters. The van der Waals surface area contributed by atoms with Gasteiger partial charge in [0, 0.05) is 31.8 Å². The predicted molar refractivity (Wildman–Crippen MR) is 135 cm³/mol. The third kappa shape index (κ3) is 6.23. The highest BCUT2D eigenvalue weighted by Gasteiger charge is 2.33. The molecule has 3 rings (SSSR count). The molecule has 0 aliphatic carbocycles. The summed E-state index contributed by atoms with van der Waals surface area (Å²) in [7, 11) is 0. The third-order valence-electron chi connectivity index (χ3n) is 4.10. The van der Waals surface area contributed by atoms with E-state index in [4.69, 9.17) is 40.2 Å². The minimum atomic E-state index is -0.377. The first-order chi connectivity index (χ1) is 14.6. The summed E-state index contributed by atoms with van der Waals surface area (Å²) in [6.45, 7) is 3.58. The maximum atomic E-state index is 12.7. The van der Waals surface area contributed by atoms with Crippen molar-refractivity contribution in [3.05, 3.63) is 61.4 Å². The molecular weight excluding hydrogens is 543 g/mol. The fraction of sp³-hybridized carbons (Fsp3) is 0.190. The van der Waals surface area contributed by atoms with E-state index in [2.05, 4.69) is 21.2 Å². The molecule has 2 amide bonds. The van der Waals surface area contributed by atoms with E-state index in [9.17, 15) is 9.59 Å². The van der Waals surface area contributed by atoms with Crippen LogP contribution < -0.4 is 10.1 Å². The Bertz CT molecular complexity index is 1070. The van der Waals surface area contributed by atoms with Crippen molar-refractivity contribution in [1.82, 2.24) is 4.90 Å². The van der Waals surface area contributed by atoms with Crippen molar-refractivity contribution >= 4 is 91.0 Å². The summed E-state index contributed by atoms with van der Waals surface area (Å²) in [6.07, 6.45) is 1.72. The van der Waals surface area contributed by atoms with Gasteiger partial charge in [-0.2, -0.15) is 0 Å². The van der Waals surface area contributed by atoms with Crippen LogP contribution in [-0.4, -0.2) is 33.7 Å². The number of anilines is 1. The number of hydrogen-bond donors (Lipinski definition) is 1. The lowest BCUT2D eigenvalue weighted by Gasteiger charge is -2.18. The number of halogens is 3. The number of benzene rings is 2. The molecule has 2 aromatic rings. The Labute approximate surface area is 208 Å². The van der Waals surface area contributed by atoms with Gasteiger partial charge in [-0.1, -0.05) is 63.1 Å². The second kappa shape index (κ2) is 10.4. The van der Waals surface area contributed by atoms with Gasteiger partial charge in [0.15, 0.2) is 6.61 Å². The van der Waals surface area contributed by atoms with Crippen LogP contribution >= 0.6 is 63.1 Å². The molecule has 1 fully saturated rings. The maximum Gasteiger partial charge on any atom is 0.266 e. The van der Waals surface area contributed by atoms with Crippen LogP contribution in [0.3, 0.4) is 0 Å². The number of thioether (sulfide) groups is 1. The Kier molecular flexibility index (Phi) is 8.04. The summed E-state index contributed by atoms with van der Waals surface area (Å²) in [6, 6.07) is 10.1. The highest BCUT2D eigenvalue weighted by atomic mass is 79.9. The molecule has 0 saturated carbocycles. The highest BCUT2D eigenvalue weighted by molar-refractivity contribution is 9.10. The van der Waals surface area contributed by atoms with Gasteiger partial charge < -0.3 is 10.1 Å². The Balaban J connectivity index is 1.75. The zero-order valence-corrected chi connectivity index (χ0v) is 21.2. The SMILES string of the molecule is CC(C)N1C(=O)/C(=C/c2cc(Br)ccc2OCC(=O)Nc2cc(Cl)cc(Cl)c2)SC1=S. The van der Waals surface area contributed by atoms with Crippen LogP contribution in [0.5, 0.6) is 5.75 Å². The summed E-state index contributed by atoms with van der Waals surface area (Å²) in [5.41, 5.74) is 1.12. The molecule has 10 heteroatoms. The largest absolute Gasteiger partial charge is 0.483 e. The zero-order valence-electron chi connectivity index (χ0n) is 16.4. The molecule has 1 aliphatic heterocycles. The van der Waals surface area contributed by atoms with E-state index in [1.165, 1.54) is 11.8 Å². The molecule has 1 heterocycles. The van der Waals surface area contributed by atoms with Crippen molar-refractivity contribution < 1.29 is 14.3 Å². The lowest BCUT2D eigenvalue weighted by Crippen LogP contribution is -2.34. The van der Waals surface area contributed by atoms with Crippen molar-refractivity contribution in [3.63, 3.8) is 0 Å². The van der Waals surface area contributed by atoms with Crippen LogP contribution in [0.2, 0.25) is 10.0 Å². The van der Waals surface area contributed by atoms with Gasteiger partial charge in [0.05, 0.1) is 4.91 Å². The van der Waals surface area contributed by atoms with Crippen molar-refractivity contribution in [3.8, 4) is 5.75 Å². The third-order valence-corrected chi connectivity index (χ3v) is 6.36. The molecular formula is C21H17BrCl2N2O3S2. The number of thiocarbonyl (C=S) groups is 1. The summed E-state index contributed by atoms with van der Waals surface area (Å²) >= 11 is 21.9. The van der Waals surface area contributed by atoms with E-state index in [-0.39, 0.29) is 24.5 Å². The van der Waals surface area contributed by atoms with E-state index < -0.39 is 0 Å². The number of nitrogens with one attached hydrogen (secondary N) is 1. The van der Waals surface area contributed by atoms with Crippen LogP contribution in [0.25, 0.3) is 6.08 Å². The summed E-state index contributed by atoms with van der Waals surface area (Å²) in [5, 5.41) is 3.52. The van der Waals surface area contributed by atoms with E-state index in [1.807, 2.05) is 19.9 Å². The van der Waals surface area contributed by atoms with Crippen LogP contribution in [0, 0.1) is 0 Å². The van der Waals surface area contributed by atoms with Crippen LogP contribution in [0.15, 0.2) is 45.8 Å². The minimum Gasteiger partial charge on any atom is -0.483 e. The van der Waals surface area contributed by atoms with Gasteiger partial charge in [0.1, 0.15) is 10.1 Å².